The van der Waals surface area contributed by atoms with Crippen LogP contribution in [0.5, 0.6) is 0 Å². The van der Waals surface area contributed by atoms with Crippen LogP contribution in [-0.2, 0) is 0 Å². The highest BCUT2D eigenvalue weighted by molar-refractivity contribution is 5.94. The second kappa shape index (κ2) is 3.17. The molecule has 0 amide bonds. The molecule has 1 aromatic heterocycles. The van der Waals surface area contributed by atoms with Crippen molar-refractivity contribution in [2.45, 2.75) is 0 Å². The van der Waals surface area contributed by atoms with E-state index < -0.39 is 0 Å². The maximum atomic E-state index is 8.33. The van der Waals surface area contributed by atoms with Crippen LogP contribution < -0.4 is 10.6 Å². The molecule has 0 aliphatic rings. The first-order valence-corrected chi connectivity index (χ1v) is 3.40. The molecule has 0 aromatic carbocycles. The van der Waals surface area contributed by atoms with E-state index in [1.54, 1.807) is 17.0 Å². The summed E-state index contributed by atoms with van der Waals surface area (Å²) in [5.74, 6) is 1.00. The van der Waals surface area contributed by atoms with Gasteiger partial charge in [0.2, 0.25) is 5.84 Å². The highest BCUT2D eigenvalue weighted by Crippen LogP contribution is 2.15. The zero-order chi connectivity index (χ0) is 9.14. The molecule has 66 valence electrons. The Bertz CT molecular complexity index is 291. The van der Waals surface area contributed by atoms with E-state index in [0.29, 0.717) is 11.6 Å². The topological polar surface area (TPSA) is 75.0 Å². The Kier molecular flexibility index (Phi) is 2.23. The molecule has 0 saturated carbocycles. The average Bonchev–Trinajstić information content (AvgIpc) is 2.51. The van der Waals surface area contributed by atoms with Gasteiger partial charge < -0.3 is 20.3 Å². The molecular weight excluding hydrogens is 158 g/mol. The predicted octanol–water partition coefficient (Wildman–Crippen LogP) is 0.440. The number of anilines is 1. The van der Waals surface area contributed by atoms with Crippen LogP contribution in [0.25, 0.3) is 0 Å². The van der Waals surface area contributed by atoms with Gasteiger partial charge in [0.05, 0.1) is 0 Å². The van der Waals surface area contributed by atoms with E-state index in [9.17, 15) is 0 Å². The van der Waals surface area contributed by atoms with Gasteiger partial charge >= 0.3 is 0 Å². The van der Waals surface area contributed by atoms with Gasteiger partial charge in [0.1, 0.15) is 0 Å². The summed E-state index contributed by atoms with van der Waals surface area (Å²) >= 11 is 0. The molecule has 0 saturated heterocycles. The number of amidine groups is 1. The van der Waals surface area contributed by atoms with E-state index in [-0.39, 0.29) is 5.84 Å². The monoisotopic (exact) mass is 169 g/mol. The van der Waals surface area contributed by atoms with Gasteiger partial charge in [0.25, 0.3) is 0 Å². The fourth-order valence-electron chi connectivity index (χ4n) is 0.755. The van der Waals surface area contributed by atoms with Gasteiger partial charge in [-0.1, -0.05) is 5.16 Å². The fourth-order valence-corrected chi connectivity index (χ4v) is 0.755. The summed E-state index contributed by atoms with van der Waals surface area (Å²) in [4.78, 5) is 1.79. The van der Waals surface area contributed by atoms with Gasteiger partial charge in [-0.05, 0) is 6.07 Å². The summed E-state index contributed by atoms with van der Waals surface area (Å²) < 4.78 is 5.21. The van der Waals surface area contributed by atoms with Crippen LogP contribution in [0.1, 0.15) is 5.76 Å². The zero-order valence-corrected chi connectivity index (χ0v) is 6.98. The molecular formula is C7H11N3O2. The van der Waals surface area contributed by atoms with Crippen molar-refractivity contribution in [3.8, 4) is 0 Å². The number of furan rings is 1. The first-order valence-electron chi connectivity index (χ1n) is 3.40. The Balaban J connectivity index is 2.92. The van der Waals surface area contributed by atoms with Crippen molar-refractivity contribution >= 4 is 11.7 Å². The van der Waals surface area contributed by atoms with Crippen molar-refractivity contribution in [2.75, 3.05) is 19.0 Å². The molecule has 0 bridgehead atoms. The van der Waals surface area contributed by atoms with Gasteiger partial charge in [0.15, 0.2) is 11.6 Å². The minimum atomic E-state index is -0.0249. The van der Waals surface area contributed by atoms with E-state index in [0.717, 1.165) is 0 Å². The van der Waals surface area contributed by atoms with E-state index in [1.807, 2.05) is 14.1 Å². The van der Waals surface area contributed by atoms with E-state index in [2.05, 4.69) is 5.16 Å². The number of hydrogen-bond acceptors (Lipinski definition) is 4. The minimum Gasteiger partial charge on any atom is -0.437 e. The van der Waals surface area contributed by atoms with Gasteiger partial charge in [-0.3, -0.25) is 0 Å². The number of nitrogens with two attached hydrogens (primary N) is 1. The highest BCUT2D eigenvalue weighted by atomic mass is 16.4. The Morgan fingerprint density at radius 1 is 1.58 bits per heavy atom. The van der Waals surface area contributed by atoms with Crippen LogP contribution in [0.3, 0.4) is 0 Å². The summed E-state index contributed by atoms with van der Waals surface area (Å²) in [6.07, 6.45) is 0. The van der Waals surface area contributed by atoms with Crippen molar-refractivity contribution < 1.29 is 9.62 Å². The molecule has 1 aromatic rings. The first kappa shape index (κ1) is 8.45. The smallest absolute Gasteiger partial charge is 0.206 e. The Morgan fingerprint density at radius 3 is 2.67 bits per heavy atom. The molecule has 5 nitrogen and oxygen atoms in total. The second-order valence-electron chi connectivity index (χ2n) is 2.52. The van der Waals surface area contributed by atoms with E-state index >= 15 is 0 Å². The maximum Gasteiger partial charge on any atom is 0.206 e. The highest BCUT2D eigenvalue weighted by Gasteiger charge is 2.06. The van der Waals surface area contributed by atoms with Gasteiger partial charge in [-0.15, -0.1) is 0 Å². The standard InChI is InChI=1S/C7H11N3O2/c1-10(2)6-4-3-5(12-6)7(8)9-11/h3-4,11H,1-2H3,(H2,8,9). The summed E-state index contributed by atoms with van der Waals surface area (Å²) in [6.45, 7) is 0. The molecule has 0 atom stereocenters. The lowest BCUT2D eigenvalue weighted by molar-refractivity contribution is 0.317. The largest absolute Gasteiger partial charge is 0.437 e. The first-order chi connectivity index (χ1) is 5.65. The third-order valence-corrected chi connectivity index (χ3v) is 1.39. The quantitative estimate of drug-likeness (QED) is 0.291. The zero-order valence-electron chi connectivity index (χ0n) is 6.98. The molecule has 0 radical (unpaired) electrons. The number of nitrogens with zero attached hydrogens (tertiary/aromatic N) is 2. The Hall–Kier alpha value is -1.65. The molecule has 0 unspecified atom stereocenters. The van der Waals surface area contributed by atoms with Crippen molar-refractivity contribution in [3.05, 3.63) is 17.9 Å². The van der Waals surface area contributed by atoms with Crippen LogP contribution in [0.2, 0.25) is 0 Å². The lowest BCUT2D eigenvalue weighted by Crippen LogP contribution is -2.12. The van der Waals surface area contributed by atoms with Crippen molar-refractivity contribution in [1.82, 2.24) is 0 Å². The van der Waals surface area contributed by atoms with Gasteiger partial charge in [-0.2, -0.15) is 0 Å². The van der Waals surface area contributed by atoms with Crippen LogP contribution >= 0.6 is 0 Å². The number of oxime groups is 1. The Morgan fingerprint density at radius 2 is 2.25 bits per heavy atom. The molecule has 12 heavy (non-hydrogen) atoms. The van der Waals surface area contributed by atoms with Gasteiger partial charge in [0, 0.05) is 20.2 Å². The van der Waals surface area contributed by atoms with Crippen molar-refractivity contribution in [2.24, 2.45) is 10.9 Å². The molecule has 5 heteroatoms. The molecule has 0 spiro atoms. The lowest BCUT2D eigenvalue weighted by Gasteiger charge is -2.05. The molecule has 0 fully saturated rings. The Labute approximate surface area is 70.1 Å². The molecule has 1 heterocycles. The lowest BCUT2D eigenvalue weighted by atomic mass is 10.4. The molecule has 1 rings (SSSR count). The molecule has 3 N–H and O–H groups in total. The molecule has 0 aliphatic heterocycles. The third kappa shape index (κ3) is 1.50. The summed E-state index contributed by atoms with van der Waals surface area (Å²) in [7, 11) is 3.68. The number of hydrogen-bond donors (Lipinski definition) is 2. The van der Waals surface area contributed by atoms with Crippen molar-refractivity contribution in [1.29, 1.82) is 0 Å². The van der Waals surface area contributed by atoms with Crippen molar-refractivity contribution in [3.63, 3.8) is 0 Å². The van der Waals surface area contributed by atoms with Gasteiger partial charge in [-0.25, -0.2) is 0 Å². The SMILES string of the molecule is CN(C)c1ccc(/C(N)=N\O)o1. The summed E-state index contributed by atoms with van der Waals surface area (Å²) in [5.41, 5.74) is 5.30. The molecule has 0 aliphatic carbocycles. The summed E-state index contributed by atoms with van der Waals surface area (Å²) in [5, 5.41) is 11.1. The van der Waals surface area contributed by atoms with E-state index in [4.69, 9.17) is 15.4 Å². The van der Waals surface area contributed by atoms with Crippen LogP contribution in [0.4, 0.5) is 5.88 Å². The van der Waals surface area contributed by atoms with E-state index in [1.165, 1.54) is 0 Å². The van der Waals surface area contributed by atoms with Crippen LogP contribution in [0, 0.1) is 0 Å². The normalized spacial score (nSPS) is 11.7. The summed E-state index contributed by atoms with van der Waals surface area (Å²) in [6, 6.07) is 3.39. The second-order valence-corrected chi connectivity index (χ2v) is 2.52. The average molecular weight is 169 g/mol. The minimum absolute atomic E-state index is 0.0249. The van der Waals surface area contributed by atoms with Crippen LogP contribution in [-0.4, -0.2) is 25.1 Å². The predicted molar refractivity (Wildman–Crippen MR) is 45.5 cm³/mol. The maximum absolute atomic E-state index is 8.33. The van der Waals surface area contributed by atoms with Crippen LogP contribution in [0.15, 0.2) is 21.7 Å². The third-order valence-electron chi connectivity index (χ3n) is 1.39. The number of rotatable bonds is 2. The fraction of sp³-hybridized carbons (Fsp3) is 0.286.